The van der Waals surface area contributed by atoms with Gasteiger partial charge in [-0.3, -0.25) is 4.98 Å². The van der Waals surface area contributed by atoms with Crippen molar-refractivity contribution in [2.45, 2.75) is 26.4 Å². The first-order chi connectivity index (χ1) is 12.7. The molecule has 0 aromatic carbocycles. The highest BCUT2D eigenvalue weighted by Crippen LogP contribution is 2.22. The van der Waals surface area contributed by atoms with E-state index in [1.54, 1.807) is 18.7 Å². The number of hydrogen-bond acceptors (Lipinski definition) is 7. The number of aromatic nitrogens is 3. The summed E-state index contributed by atoms with van der Waals surface area (Å²) < 4.78 is 5.35. The summed E-state index contributed by atoms with van der Waals surface area (Å²) in [4.78, 5) is 13.3. The molecule has 0 saturated carbocycles. The smallest absolute Gasteiger partial charge is 0.225 e. The van der Waals surface area contributed by atoms with Crippen molar-refractivity contribution in [1.29, 1.82) is 0 Å². The van der Waals surface area contributed by atoms with E-state index in [9.17, 15) is 5.11 Å². The summed E-state index contributed by atoms with van der Waals surface area (Å²) in [5.74, 6) is 2.18. The zero-order valence-corrected chi connectivity index (χ0v) is 14.9. The Morgan fingerprint density at radius 2 is 2.08 bits per heavy atom. The Labute approximate surface area is 152 Å². The molecular formula is C19H23N5O2. The van der Waals surface area contributed by atoms with Gasteiger partial charge in [0.05, 0.1) is 31.2 Å². The van der Waals surface area contributed by atoms with E-state index in [-0.39, 0.29) is 18.6 Å². The second-order valence-electron chi connectivity index (χ2n) is 6.31. The van der Waals surface area contributed by atoms with Crippen LogP contribution in [0.4, 0.5) is 11.8 Å². The number of nitrogens with one attached hydrogen (secondary N) is 2. The van der Waals surface area contributed by atoms with Gasteiger partial charge in [0.1, 0.15) is 11.6 Å². The Balaban J connectivity index is 1.88. The topological polar surface area (TPSA) is 96.1 Å². The molecule has 0 aliphatic rings. The number of pyridine rings is 1. The van der Waals surface area contributed by atoms with E-state index in [4.69, 9.17) is 4.42 Å². The molecule has 3 N–H and O–H groups in total. The quantitative estimate of drug-likeness (QED) is 0.572. The molecule has 3 heterocycles. The van der Waals surface area contributed by atoms with Crippen LogP contribution in [0.25, 0.3) is 11.3 Å². The highest BCUT2D eigenvalue weighted by Gasteiger charge is 2.15. The first-order valence-corrected chi connectivity index (χ1v) is 8.59. The summed E-state index contributed by atoms with van der Waals surface area (Å²) in [6, 6.07) is 9.30. The van der Waals surface area contributed by atoms with Crippen molar-refractivity contribution in [3.05, 3.63) is 54.7 Å². The SMILES string of the molecule is CC(C)[C@H](CO)Nc1nc(NCc2ccco2)cc(-c2cccnc2)n1. The van der Waals surface area contributed by atoms with E-state index in [1.807, 2.05) is 44.2 Å². The molecule has 0 aliphatic heterocycles. The molecule has 0 fully saturated rings. The first-order valence-electron chi connectivity index (χ1n) is 8.59. The van der Waals surface area contributed by atoms with Gasteiger partial charge in [0, 0.05) is 24.0 Å². The van der Waals surface area contributed by atoms with Crippen molar-refractivity contribution in [3.63, 3.8) is 0 Å². The maximum Gasteiger partial charge on any atom is 0.225 e. The van der Waals surface area contributed by atoms with Crippen LogP contribution >= 0.6 is 0 Å². The van der Waals surface area contributed by atoms with Gasteiger partial charge in [-0.05, 0) is 30.2 Å². The zero-order chi connectivity index (χ0) is 18.4. The van der Waals surface area contributed by atoms with Crippen LogP contribution in [-0.2, 0) is 6.54 Å². The molecule has 7 heteroatoms. The number of furan rings is 1. The number of anilines is 2. The van der Waals surface area contributed by atoms with Crippen LogP contribution in [-0.4, -0.2) is 32.7 Å². The van der Waals surface area contributed by atoms with Crippen molar-refractivity contribution in [1.82, 2.24) is 15.0 Å². The molecule has 7 nitrogen and oxygen atoms in total. The number of rotatable bonds is 8. The summed E-state index contributed by atoms with van der Waals surface area (Å²) in [5, 5.41) is 16.1. The Hall–Kier alpha value is -2.93. The molecular weight excluding hydrogens is 330 g/mol. The molecule has 0 spiro atoms. The number of aliphatic hydroxyl groups excluding tert-OH is 1. The van der Waals surface area contributed by atoms with Crippen molar-refractivity contribution >= 4 is 11.8 Å². The fourth-order valence-electron chi connectivity index (χ4n) is 2.44. The normalized spacial score (nSPS) is 12.2. The number of hydrogen-bond donors (Lipinski definition) is 3. The molecule has 0 saturated heterocycles. The van der Waals surface area contributed by atoms with E-state index >= 15 is 0 Å². The third-order valence-electron chi connectivity index (χ3n) is 4.02. The van der Waals surface area contributed by atoms with E-state index in [1.165, 1.54) is 0 Å². The van der Waals surface area contributed by atoms with Crippen molar-refractivity contribution in [2.75, 3.05) is 17.2 Å². The Kier molecular flexibility index (Phi) is 5.80. The lowest BCUT2D eigenvalue weighted by Gasteiger charge is -2.20. The largest absolute Gasteiger partial charge is 0.467 e. The minimum absolute atomic E-state index is 0.00725. The number of aliphatic hydroxyl groups is 1. The van der Waals surface area contributed by atoms with Gasteiger partial charge in [-0.15, -0.1) is 0 Å². The monoisotopic (exact) mass is 353 g/mol. The highest BCUT2D eigenvalue weighted by molar-refractivity contribution is 5.63. The van der Waals surface area contributed by atoms with Gasteiger partial charge in [0.25, 0.3) is 0 Å². The van der Waals surface area contributed by atoms with Gasteiger partial charge in [0.15, 0.2) is 0 Å². The fourth-order valence-corrected chi connectivity index (χ4v) is 2.44. The van der Waals surface area contributed by atoms with E-state index in [2.05, 4.69) is 25.6 Å². The van der Waals surface area contributed by atoms with Crippen LogP contribution < -0.4 is 10.6 Å². The molecule has 26 heavy (non-hydrogen) atoms. The lowest BCUT2D eigenvalue weighted by atomic mass is 10.1. The van der Waals surface area contributed by atoms with E-state index < -0.39 is 0 Å². The average molecular weight is 353 g/mol. The molecule has 0 aliphatic carbocycles. The van der Waals surface area contributed by atoms with Crippen molar-refractivity contribution < 1.29 is 9.52 Å². The minimum Gasteiger partial charge on any atom is -0.467 e. The summed E-state index contributed by atoms with van der Waals surface area (Å²) in [6.45, 7) is 4.60. The average Bonchev–Trinajstić information content (AvgIpc) is 3.18. The third-order valence-corrected chi connectivity index (χ3v) is 4.02. The highest BCUT2D eigenvalue weighted by atomic mass is 16.3. The second-order valence-corrected chi connectivity index (χ2v) is 6.31. The molecule has 3 rings (SSSR count). The van der Waals surface area contributed by atoms with E-state index in [0.29, 0.717) is 18.3 Å². The molecule has 3 aromatic rings. The van der Waals surface area contributed by atoms with E-state index in [0.717, 1.165) is 17.0 Å². The second kappa shape index (κ2) is 8.44. The van der Waals surface area contributed by atoms with Gasteiger partial charge in [-0.25, -0.2) is 4.98 Å². The third kappa shape index (κ3) is 4.58. The van der Waals surface area contributed by atoms with Crippen LogP contribution in [0.15, 0.2) is 53.4 Å². The van der Waals surface area contributed by atoms with Crippen LogP contribution in [0.3, 0.4) is 0 Å². The molecule has 0 amide bonds. The summed E-state index contributed by atoms with van der Waals surface area (Å²) in [7, 11) is 0. The predicted octanol–water partition coefficient (Wildman–Crippen LogP) is 3.17. The van der Waals surface area contributed by atoms with Gasteiger partial charge in [-0.2, -0.15) is 4.98 Å². The Morgan fingerprint density at radius 3 is 2.73 bits per heavy atom. The van der Waals surface area contributed by atoms with Crippen LogP contribution in [0.1, 0.15) is 19.6 Å². The standard InChI is InChI=1S/C19H23N5O2/c1-13(2)17(12-25)23-19-22-16(14-5-3-7-20-10-14)9-18(24-19)21-11-15-6-4-8-26-15/h3-10,13,17,25H,11-12H2,1-2H3,(H2,21,22,23,24)/t17-/m0/s1. The molecule has 136 valence electrons. The van der Waals surface area contributed by atoms with Crippen molar-refractivity contribution in [2.24, 2.45) is 5.92 Å². The van der Waals surface area contributed by atoms with Crippen LogP contribution in [0.2, 0.25) is 0 Å². The van der Waals surface area contributed by atoms with Gasteiger partial charge in [-0.1, -0.05) is 13.8 Å². The molecule has 0 bridgehead atoms. The van der Waals surface area contributed by atoms with Gasteiger partial charge < -0.3 is 20.2 Å². The molecule has 3 aromatic heterocycles. The zero-order valence-electron chi connectivity index (χ0n) is 14.9. The lowest BCUT2D eigenvalue weighted by molar-refractivity contribution is 0.248. The minimum atomic E-state index is -0.128. The predicted molar refractivity (Wildman–Crippen MR) is 101 cm³/mol. The Morgan fingerprint density at radius 1 is 1.19 bits per heavy atom. The summed E-state index contributed by atoms with van der Waals surface area (Å²) >= 11 is 0. The first kappa shape index (κ1) is 17.9. The lowest BCUT2D eigenvalue weighted by Crippen LogP contribution is -2.30. The van der Waals surface area contributed by atoms with Gasteiger partial charge in [0.2, 0.25) is 5.95 Å². The van der Waals surface area contributed by atoms with Crippen LogP contribution in [0.5, 0.6) is 0 Å². The molecule has 0 radical (unpaired) electrons. The molecule has 0 unspecified atom stereocenters. The van der Waals surface area contributed by atoms with Crippen LogP contribution in [0, 0.1) is 5.92 Å². The fraction of sp³-hybridized carbons (Fsp3) is 0.316. The van der Waals surface area contributed by atoms with Crippen molar-refractivity contribution in [3.8, 4) is 11.3 Å². The maximum atomic E-state index is 9.59. The van der Waals surface area contributed by atoms with Gasteiger partial charge >= 0.3 is 0 Å². The summed E-state index contributed by atoms with van der Waals surface area (Å²) in [6.07, 6.45) is 5.12. The number of nitrogens with zero attached hydrogens (tertiary/aromatic N) is 3. The molecule has 1 atom stereocenters. The Bertz CT molecular complexity index is 806. The maximum absolute atomic E-state index is 9.59. The summed E-state index contributed by atoms with van der Waals surface area (Å²) in [5.41, 5.74) is 1.64.